The number of amides is 2. The summed E-state index contributed by atoms with van der Waals surface area (Å²) in [7, 11) is 0. The van der Waals surface area contributed by atoms with Crippen LogP contribution in [0.1, 0.15) is 24.2 Å². The molecule has 0 radical (unpaired) electrons. The molecule has 0 heterocycles. The molecule has 2 aromatic rings. The topological polar surface area (TPSA) is 93.5 Å². The summed E-state index contributed by atoms with van der Waals surface area (Å²) in [6.07, 6.45) is 0. The smallest absolute Gasteiger partial charge is 0.251 e. The molecule has 0 aliphatic rings. The van der Waals surface area contributed by atoms with Gasteiger partial charge in [0.05, 0.1) is 0 Å². The second kappa shape index (κ2) is 9.94. The second-order valence-corrected chi connectivity index (χ2v) is 6.79. The maximum absolute atomic E-state index is 12.6. The minimum absolute atomic E-state index is 0.0894. The number of hydrogen-bond donors (Lipinski definition) is 3. The van der Waals surface area contributed by atoms with E-state index < -0.39 is 6.04 Å². The van der Waals surface area contributed by atoms with Gasteiger partial charge in [-0.3, -0.25) is 9.59 Å². The molecule has 1 atom stereocenters. The van der Waals surface area contributed by atoms with Crippen molar-refractivity contribution in [2.45, 2.75) is 19.9 Å². The Morgan fingerprint density at radius 3 is 2.26 bits per heavy atom. The van der Waals surface area contributed by atoms with E-state index in [2.05, 4.69) is 10.6 Å². The Bertz CT molecular complexity index is 761. The van der Waals surface area contributed by atoms with Gasteiger partial charge in [0.2, 0.25) is 5.91 Å². The predicted molar refractivity (Wildman–Crippen MR) is 107 cm³/mol. The van der Waals surface area contributed by atoms with Crippen LogP contribution in [0.3, 0.4) is 0 Å². The number of hydrogen-bond acceptors (Lipinski definition) is 4. The molecule has 0 spiro atoms. The summed E-state index contributed by atoms with van der Waals surface area (Å²) >= 11 is 5.84. The van der Waals surface area contributed by atoms with Crippen LogP contribution in [0.15, 0.2) is 48.5 Å². The second-order valence-electron chi connectivity index (χ2n) is 6.35. The van der Waals surface area contributed by atoms with E-state index in [0.717, 1.165) is 0 Å². The lowest BCUT2D eigenvalue weighted by molar-refractivity contribution is -0.118. The Morgan fingerprint density at radius 1 is 1.07 bits per heavy atom. The van der Waals surface area contributed by atoms with E-state index in [1.807, 2.05) is 13.8 Å². The van der Waals surface area contributed by atoms with Gasteiger partial charge in [0.1, 0.15) is 18.4 Å². The van der Waals surface area contributed by atoms with Crippen LogP contribution in [0.4, 0.5) is 5.69 Å². The van der Waals surface area contributed by atoms with Gasteiger partial charge in [-0.15, -0.1) is 0 Å². The summed E-state index contributed by atoms with van der Waals surface area (Å²) in [6, 6.07) is 12.8. The van der Waals surface area contributed by atoms with Crippen molar-refractivity contribution in [1.29, 1.82) is 0 Å². The maximum atomic E-state index is 12.6. The first-order valence-corrected chi connectivity index (χ1v) is 9.08. The zero-order valence-corrected chi connectivity index (χ0v) is 16.1. The van der Waals surface area contributed by atoms with Crippen molar-refractivity contribution in [1.82, 2.24) is 5.32 Å². The zero-order valence-electron chi connectivity index (χ0n) is 15.4. The van der Waals surface area contributed by atoms with E-state index in [1.54, 1.807) is 48.5 Å². The SMILES string of the molecule is CC(C)C(NC(=O)c1ccc(Cl)cc1)C(=O)Nc1ccc(OCCN)cc1. The number of ether oxygens (including phenoxy) is 1. The molecule has 0 saturated carbocycles. The molecule has 0 bridgehead atoms. The summed E-state index contributed by atoms with van der Waals surface area (Å²) in [5.41, 5.74) is 6.46. The molecular weight excluding hydrogens is 366 g/mol. The van der Waals surface area contributed by atoms with Gasteiger partial charge in [-0.25, -0.2) is 0 Å². The van der Waals surface area contributed by atoms with Crippen molar-refractivity contribution < 1.29 is 14.3 Å². The van der Waals surface area contributed by atoms with E-state index in [-0.39, 0.29) is 17.7 Å². The lowest BCUT2D eigenvalue weighted by Crippen LogP contribution is -2.47. The van der Waals surface area contributed by atoms with Gasteiger partial charge in [0.25, 0.3) is 5.91 Å². The lowest BCUT2D eigenvalue weighted by Gasteiger charge is -2.22. The van der Waals surface area contributed by atoms with E-state index in [1.165, 1.54) is 0 Å². The van der Waals surface area contributed by atoms with E-state index >= 15 is 0 Å². The van der Waals surface area contributed by atoms with Gasteiger partial charge in [-0.05, 0) is 54.4 Å². The zero-order chi connectivity index (χ0) is 19.8. The number of anilines is 1. The molecular formula is C20H24ClN3O3. The Balaban J connectivity index is 2.01. The van der Waals surface area contributed by atoms with Crippen LogP contribution >= 0.6 is 11.6 Å². The summed E-state index contributed by atoms with van der Waals surface area (Å²) in [5, 5.41) is 6.14. The van der Waals surface area contributed by atoms with Gasteiger partial charge >= 0.3 is 0 Å². The Labute approximate surface area is 164 Å². The third kappa shape index (κ3) is 6.27. The molecule has 4 N–H and O–H groups in total. The number of carbonyl (C=O) groups excluding carboxylic acids is 2. The lowest BCUT2D eigenvalue weighted by atomic mass is 10.0. The molecule has 0 aromatic heterocycles. The molecule has 2 amide bonds. The number of nitrogens with one attached hydrogen (secondary N) is 2. The van der Waals surface area contributed by atoms with E-state index in [4.69, 9.17) is 22.1 Å². The van der Waals surface area contributed by atoms with Crippen LogP contribution < -0.4 is 21.1 Å². The van der Waals surface area contributed by atoms with Crippen LogP contribution in [-0.4, -0.2) is 31.0 Å². The van der Waals surface area contributed by atoms with Gasteiger partial charge in [0.15, 0.2) is 0 Å². The average Bonchev–Trinajstić information content (AvgIpc) is 2.65. The fraction of sp³-hybridized carbons (Fsp3) is 0.300. The van der Waals surface area contributed by atoms with Crippen LogP contribution in [0.2, 0.25) is 5.02 Å². The predicted octanol–water partition coefficient (Wildman–Crippen LogP) is 3.07. The molecule has 0 fully saturated rings. The third-order valence-electron chi connectivity index (χ3n) is 3.85. The molecule has 0 saturated heterocycles. The standard InChI is InChI=1S/C20H24ClN3O3/c1-13(2)18(24-19(25)14-3-5-15(21)6-4-14)20(26)23-16-7-9-17(10-8-16)27-12-11-22/h3-10,13,18H,11-12,22H2,1-2H3,(H,23,26)(H,24,25). The third-order valence-corrected chi connectivity index (χ3v) is 4.10. The molecule has 2 aromatic carbocycles. The van der Waals surface area contributed by atoms with Gasteiger partial charge in [-0.1, -0.05) is 25.4 Å². The number of halogens is 1. The monoisotopic (exact) mass is 389 g/mol. The summed E-state index contributed by atoms with van der Waals surface area (Å²) in [4.78, 5) is 25.0. The van der Waals surface area contributed by atoms with Crippen LogP contribution in [0, 0.1) is 5.92 Å². The molecule has 27 heavy (non-hydrogen) atoms. The first-order chi connectivity index (χ1) is 12.9. The number of benzene rings is 2. The minimum Gasteiger partial charge on any atom is -0.492 e. The van der Waals surface area contributed by atoms with Gasteiger partial charge < -0.3 is 21.1 Å². The van der Waals surface area contributed by atoms with Crippen molar-refractivity contribution in [3.05, 3.63) is 59.1 Å². The van der Waals surface area contributed by atoms with Gasteiger partial charge in [-0.2, -0.15) is 0 Å². The summed E-state index contributed by atoms with van der Waals surface area (Å²) < 4.78 is 5.41. The molecule has 1 unspecified atom stereocenters. The molecule has 0 aliphatic carbocycles. The van der Waals surface area contributed by atoms with E-state index in [9.17, 15) is 9.59 Å². The number of rotatable bonds is 8. The first kappa shape index (κ1) is 20.7. The largest absolute Gasteiger partial charge is 0.492 e. The van der Waals surface area contributed by atoms with Crippen LogP contribution in [0.5, 0.6) is 5.75 Å². The van der Waals surface area contributed by atoms with Crippen LogP contribution in [0.25, 0.3) is 0 Å². The normalized spacial score (nSPS) is 11.7. The molecule has 144 valence electrons. The molecule has 6 nitrogen and oxygen atoms in total. The van der Waals surface area contributed by atoms with Crippen LogP contribution in [-0.2, 0) is 4.79 Å². The minimum atomic E-state index is -0.679. The van der Waals surface area contributed by atoms with Crippen molar-refractivity contribution in [3.8, 4) is 5.75 Å². The van der Waals surface area contributed by atoms with Crippen molar-refractivity contribution in [2.75, 3.05) is 18.5 Å². The van der Waals surface area contributed by atoms with Crippen molar-refractivity contribution >= 4 is 29.1 Å². The Kier molecular flexibility index (Phi) is 7.64. The first-order valence-electron chi connectivity index (χ1n) is 8.71. The summed E-state index contributed by atoms with van der Waals surface area (Å²) in [5.74, 6) is -0.0303. The van der Waals surface area contributed by atoms with Gasteiger partial charge in [0, 0.05) is 22.8 Å². The van der Waals surface area contributed by atoms with E-state index in [0.29, 0.717) is 35.2 Å². The quantitative estimate of drug-likeness (QED) is 0.646. The fourth-order valence-electron chi connectivity index (χ4n) is 2.39. The highest BCUT2D eigenvalue weighted by Gasteiger charge is 2.24. The fourth-order valence-corrected chi connectivity index (χ4v) is 2.52. The van der Waals surface area contributed by atoms with Crippen molar-refractivity contribution in [2.24, 2.45) is 11.7 Å². The molecule has 7 heteroatoms. The Morgan fingerprint density at radius 2 is 1.70 bits per heavy atom. The number of carbonyl (C=O) groups is 2. The molecule has 0 aliphatic heterocycles. The average molecular weight is 390 g/mol. The molecule has 2 rings (SSSR count). The van der Waals surface area contributed by atoms with Crippen molar-refractivity contribution in [3.63, 3.8) is 0 Å². The Hall–Kier alpha value is -2.57. The highest BCUT2D eigenvalue weighted by Crippen LogP contribution is 2.17. The maximum Gasteiger partial charge on any atom is 0.251 e. The highest BCUT2D eigenvalue weighted by molar-refractivity contribution is 6.30. The number of nitrogens with two attached hydrogens (primary N) is 1. The summed E-state index contributed by atoms with van der Waals surface area (Å²) in [6.45, 7) is 4.60. The highest BCUT2D eigenvalue weighted by atomic mass is 35.5.